The van der Waals surface area contributed by atoms with E-state index < -0.39 is 5.41 Å². The van der Waals surface area contributed by atoms with Crippen LogP contribution >= 0.6 is 0 Å². The third-order valence-electron chi connectivity index (χ3n) is 6.07. The molecule has 1 spiro atoms. The number of fused-ring (bicyclic) bond motifs is 2. The van der Waals surface area contributed by atoms with Gasteiger partial charge in [0.25, 0.3) is 0 Å². The molecule has 1 N–H and O–H groups in total. The van der Waals surface area contributed by atoms with E-state index in [1.807, 2.05) is 60.4 Å². The van der Waals surface area contributed by atoms with Crippen LogP contribution in [-0.4, -0.2) is 23.6 Å². The van der Waals surface area contributed by atoms with Gasteiger partial charge in [-0.25, -0.2) is 4.39 Å². The summed E-state index contributed by atoms with van der Waals surface area (Å²) in [6.45, 7) is 1.72. The SMILES string of the molecule is Cn1ccc(-c2ccc(CN3C(=O)C4(CCNC4)c4ccccc43)c(F)c2)c1. The zero-order valence-electron chi connectivity index (χ0n) is 15.8. The van der Waals surface area contributed by atoms with Crippen LogP contribution in [0.15, 0.2) is 60.9 Å². The highest BCUT2D eigenvalue weighted by Crippen LogP contribution is 2.46. The number of aromatic nitrogens is 1. The first kappa shape index (κ1) is 17.2. The van der Waals surface area contributed by atoms with Crippen LogP contribution in [0.1, 0.15) is 17.5 Å². The van der Waals surface area contributed by atoms with Gasteiger partial charge >= 0.3 is 0 Å². The molecule has 1 atom stereocenters. The largest absolute Gasteiger partial charge is 0.357 e. The Morgan fingerprint density at radius 1 is 1.14 bits per heavy atom. The fraction of sp³-hybridized carbons (Fsp3) is 0.261. The third-order valence-corrected chi connectivity index (χ3v) is 6.07. The number of nitrogens with zero attached hydrogens (tertiary/aromatic N) is 2. The molecule has 2 aromatic carbocycles. The van der Waals surface area contributed by atoms with E-state index in [0.717, 1.165) is 35.3 Å². The van der Waals surface area contributed by atoms with E-state index in [1.165, 1.54) is 0 Å². The van der Waals surface area contributed by atoms with Crippen LogP contribution in [0.25, 0.3) is 11.1 Å². The molecular formula is C23H22FN3O. The molecule has 5 heteroatoms. The summed E-state index contributed by atoms with van der Waals surface area (Å²) in [5, 5.41) is 3.33. The van der Waals surface area contributed by atoms with Crippen molar-refractivity contribution < 1.29 is 9.18 Å². The van der Waals surface area contributed by atoms with Gasteiger partial charge in [-0.05, 0) is 47.9 Å². The molecule has 0 saturated carbocycles. The second-order valence-electron chi connectivity index (χ2n) is 7.79. The maximum atomic E-state index is 14.9. The van der Waals surface area contributed by atoms with Crippen molar-refractivity contribution in [3.8, 4) is 11.1 Å². The Morgan fingerprint density at radius 3 is 2.71 bits per heavy atom. The van der Waals surface area contributed by atoms with Crippen LogP contribution in [0.5, 0.6) is 0 Å². The van der Waals surface area contributed by atoms with E-state index in [9.17, 15) is 9.18 Å². The Hall–Kier alpha value is -2.92. The summed E-state index contributed by atoms with van der Waals surface area (Å²) < 4.78 is 16.9. The van der Waals surface area contributed by atoms with Crippen LogP contribution in [0, 0.1) is 5.82 Å². The van der Waals surface area contributed by atoms with Crippen molar-refractivity contribution in [3.63, 3.8) is 0 Å². The molecule has 4 nitrogen and oxygen atoms in total. The number of amides is 1. The summed E-state index contributed by atoms with van der Waals surface area (Å²) in [5.41, 5.74) is 3.81. The molecule has 3 heterocycles. The molecule has 2 aliphatic heterocycles. The van der Waals surface area contributed by atoms with Gasteiger partial charge in [0.1, 0.15) is 5.82 Å². The second-order valence-corrected chi connectivity index (χ2v) is 7.79. The summed E-state index contributed by atoms with van der Waals surface area (Å²) in [6, 6.07) is 15.2. The quantitative estimate of drug-likeness (QED) is 0.759. The van der Waals surface area contributed by atoms with E-state index >= 15 is 0 Å². The van der Waals surface area contributed by atoms with E-state index in [-0.39, 0.29) is 18.3 Å². The van der Waals surface area contributed by atoms with Gasteiger partial charge in [-0.3, -0.25) is 4.79 Å². The lowest BCUT2D eigenvalue weighted by Crippen LogP contribution is -2.41. The van der Waals surface area contributed by atoms with Gasteiger partial charge in [0.2, 0.25) is 5.91 Å². The summed E-state index contributed by atoms with van der Waals surface area (Å²) >= 11 is 0. The van der Waals surface area contributed by atoms with E-state index in [1.54, 1.807) is 17.0 Å². The molecule has 142 valence electrons. The number of anilines is 1. The number of aryl methyl sites for hydroxylation is 1. The van der Waals surface area contributed by atoms with Gasteiger partial charge in [-0.1, -0.05) is 30.3 Å². The monoisotopic (exact) mass is 375 g/mol. The summed E-state index contributed by atoms with van der Waals surface area (Å²) in [5.74, 6) is -0.206. The highest BCUT2D eigenvalue weighted by molar-refractivity contribution is 6.08. The predicted octanol–water partition coefficient (Wildman–Crippen LogP) is 3.61. The molecule has 1 fully saturated rings. The normalized spacial score (nSPS) is 20.9. The number of hydrogen-bond acceptors (Lipinski definition) is 2. The lowest BCUT2D eigenvalue weighted by atomic mass is 9.81. The van der Waals surface area contributed by atoms with Crippen molar-refractivity contribution in [3.05, 3.63) is 77.9 Å². The number of benzene rings is 2. The van der Waals surface area contributed by atoms with Crippen LogP contribution in [0.2, 0.25) is 0 Å². The van der Waals surface area contributed by atoms with Crippen LogP contribution in [0.3, 0.4) is 0 Å². The van der Waals surface area contributed by atoms with E-state index in [2.05, 4.69) is 5.32 Å². The number of nitrogens with one attached hydrogen (secondary N) is 1. The highest BCUT2D eigenvalue weighted by atomic mass is 19.1. The molecule has 1 amide bonds. The minimum Gasteiger partial charge on any atom is -0.357 e. The molecular weight excluding hydrogens is 353 g/mol. The number of carbonyl (C=O) groups is 1. The number of rotatable bonds is 3. The molecule has 1 aromatic heterocycles. The summed E-state index contributed by atoms with van der Waals surface area (Å²) in [7, 11) is 1.94. The van der Waals surface area contributed by atoms with Gasteiger partial charge < -0.3 is 14.8 Å². The molecule has 0 bridgehead atoms. The van der Waals surface area contributed by atoms with Gasteiger partial charge in [-0.2, -0.15) is 0 Å². The average Bonchev–Trinajstić information content (AvgIpc) is 3.41. The molecule has 28 heavy (non-hydrogen) atoms. The Labute approximate surface area is 163 Å². The lowest BCUT2D eigenvalue weighted by Gasteiger charge is -2.23. The second kappa shape index (κ2) is 6.31. The maximum Gasteiger partial charge on any atom is 0.239 e. The maximum absolute atomic E-state index is 14.9. The Kier molecular flexibility index (Phi) is 3.88. The van der Waals surface area contributed by atoms with Crippen LogP contribution in [-0.2, 0) is 23.8 Å². The Morgan fingerprint density at radius 2 is 2.00 bits per heavy atom. The molecule has 5 rings (SSSR count). The summed E-state index contributed by atoms with van der Waals surface area (Å²) in [6.07, 6.45) is 4.69. The highest BCUT2D eigenvalue weighted by Gasteiger charge is 2.52. The zero-order chi connectivity index (χ0) is 19.3. The minimum atomic E-state index is -0.503. The van der Waals surface area contributed by atoms with Gasteiger partial charge in [0.15, 0.2) is 0 Å². The number of carbonyl (C=O) groups excluding carboxylic acids is 1. The van der Waals surface area contributed by atoms with Crippen molar-refractivity contribution in [2.45, 2.75) is 18.4 Å². The van der Waals surface area contributed by atoms with Crippen molar-refractivity contribution >= 4 is 11.6 Å². The Bertz CT molecular complexity index is 1070. The van der Waals surface area contributed by atoms with Crippen molar-refractivity contribution in [2.75, 3.05) is 18.0 Å². The molecule has 1 saturated heterocycles. The van der Waals surface area contributed by atoms with E-state index in [4.69, 9.17) is 0 Å². The first-order chi connectivity index (χ1) is 13.6. The number of halogens is 1. The molecule has 1 unspecified atom stereocenters. The fourth-order valence-electron chi connectivity index (χ4n) is 4.56. The standard InChI is InChI=1S/C23H22FN3O/c1-26-11-8-17(13-26)16-6-7-18(20(24)12-16)14-27-21-5-3-2-4-19(21)23(22(27)28)9-10-25-15-23/h2-8,11-13,25H,9-10,14-15H2,1H3. The van der Waals surface area contributed by atoms with Crippen LogP contribution < -0.4 is 10.2 Å². The first-order valence-electron chi connectivity index (χ1n) is 9.61. The molecule has 3 aromatic rings. The molecule has 0 aliphatic carbocycles. The molecule has 2 aliphatic rings. The van der Waals surface area contributed by atoms with Crippen LogP contribution in [0.4, 0.5) is 10.1 Å². The topological polar surface area (TPSA) is 37.3 Å². The zero-order valence-corrected chi connectivity index (χ0v) is 15.8. The van der Waals surface area contributed by atoms with Gasteiger partial charge in [-0.15, -0.1) is 0 Å². The third kappa shape index (κ3) is 2.50. The van der Waals surface area contributed by atoms with Gasteiger partial charge in [0, 0.05) is 37.2 Å². The fourth-order valence-corrected chi connectivity index (χ4v) is 4.56. The lowest BCUT2D eigenvalue weighted by molar-refractivity contribution is -0.122. The molecule has 0 radical (unpaired) electrons. The predicted molar refractivity (Wildman–Crippen MR) is 108 cm³/mol. The van der Waals surface area contributed by atoms with Crippen molar-refractivity contribution in [2.24, 2.45) is 7.05 Å². The summed E-state index contributed by atoms with van der Waals surface area (Å²) in [4.78, 5) is 15.1. The van der Waals surface area contributed by atoms with E-state index in [0.29, 0.717) is 12.1 Å². The van der Waals surface area contributed by atoms with Crippen molar-refractivity contribution in [1.82, 2.24) is 9.88 Å². The first-order valence-corrected chi connectivity index (χ1v) is 9.61. The minimum absolute atomic E-state index is 0.0743. The van der Waals surface area contributed by atoms with Gasteiger partial charge in [0.05, 0.1) is 12.0 Å². The smallest absolute Gasteiger partial charge is 0.239 e. The Balaban J connectivity index is 1.49. The number of hydrogen-bond donors (Lipinski definition) is 1. The average molecular weight is 375 g/mol. The number of para-hydroxylation sites is 1. The van der Waals surface area contributed by atoms with Crippen molar-refractivity contribution in [1.29, 1.82) is 0 Å².